The fraction of sp³-hybridized carbons (Fsp3) is 0.0625. The number of anilines is 2. The van der Waals surface area contributed by atoms with Crippen molar-refractivity contribution in [3.05, 3.63) is 60.7 Å². The van der Waals surface area contributed by atoms with Crippen molar-refractivity contribution in [2.75, 3.05) is 16.8 Å². The zero-order valence-corrected chi connectivity index (χ0v) is 12.2. The van der Waals surface area contributed by atoms with Gasteiger partial charge < -0.3 is 16.2 Å². The average Bonchev–Trinajstić information content (AvgIpc) is 2.49. The van der Waals surface area contributed by atoms with E-state index in [9.17, 15) is 9.90 Å². The van der Waals surface area contributed by atoms with Crippen LogP contribution < -0.4 is 11.1 Å². The quantitative estimate of drug-likeness (QED) is 0.342. The molecule has 0 aliphatic heterocycles. The van der Waals surface area contributed by atoms with E-state index in [1.54, 1.807) is 23.9 Å². The van der Waals surface area contributed by atoms with E-state index in [0.717, 1.165) is 16.3 Å². The molecule has 0 aliphatic carbocycles. The van der Waals surface area contributed by atoms with Crippen LogP contribution in [0.5, 0.6) is 5.75 Å². The molecule has 0 fully saturated rings. The Hall–Kier alpha value is -2.40. The molecule has 0 aromatic heterocycles. The highest BCUT2D eigenvalue weighted by Gasteiger charge is 2.10. The number of hydrogen-bond donors (Lipinski definition) is 3. The van der Waals surface area contributed by atoms with Crippen molar-refractivity contribution in [2.45, 2.75) is 4.90 Å². The maximum Gasteiger partial charge on any atom is 0.255 e. The van der Waals surface area contributed by atoms with Crippen molar-refractivity contribution in [1.82, 2.24) is 0 Å². The van der Waals surface area contributed by atoms with Crippen molar-refractivity contribution in [2.24, 2.45) is 0 Å². The van der Waals surface area contributed by atoms with E-state index in [2.05, 4.69) is 11.9 Å². The summed E-state index contributed by atoms with van der Waals surface area (Å²) in [5.74, 6) is 0.365. The zero-order valence-electron chi connectivity index (χ0n) is 11.4. The van der Waals surface area contributed by atoms with Gasteiger partial charge in [0.1, 0.15) is 5.75 Å². The van der Waals surface area contributed by atoms with Crippen LogP contribution in [0.4, 0.5) is 11.4 Å². The molecule has 1 amide bonds. The third-order valence-corrected chi connectivity index (χ3v) is 3.85. The minimum atomic E-state index is -0.294. The Morgan fingerprint density at radius 1 is 1.33 bits per heavy atom. The molecule has 2 rings (SSSR count). The predicted molar refractivity (Wildman–Crippen MR) is 87.8 cm³/mol. The van der Waals surface area contributed by atoms with Gasteiger partial charge in [-0.3, -0.25) is 4.79 Å². The second-order valence-electron chi connectivity index (χ2n) is 4.32. The molecule has 0 spiro atoms. The number of phenolic OH excluding ortho intramolecular Hbond substituents is 1. The first-order valence-corrected chi connectivity index (χ1v) is 7.33. The molecule has 108 valence electrons. The Balaban J connectivity index is 2.19. The van der Waals surface area contributed by atoms with Gasteiger partial charge in [-0.25, -0.2) is 0 Å². The molecule has 4 N–H and O–H groups in total. The number of benzene rings is 2. The van der Waals surface area contributed by atoms with Gasteiger partial charge in [-0.05, 0) is 30.3 Å². The summed E-state index contributed by atoms with van der Waals surface area (Å²) in [5.41, 5.74) is 6.85. The van der Waals surface area contributed by atoms with Gasteiger partial charge in [-0.1, -0.05) is 18.2 Å². The number of nitrogens with two attached hydrogens (primary N) is 1. The lowest BCUT2D eigenvalue weighted by Gasteiger charge is -2.10. The lowest BCUT2D eigenvalue weighted by atomic mass is 10.1. The summed E-state index contributed by atoms with van der Waals surface area (Å²) in [5, 5.41) is 12.4. The highest BCUT2D eigenvalue weighted by molar-refractivity contribution is 7.99. The molecular formula is C16H16N2O2S. The summed E-state index contributed by atoms with van der Waals surface area (Å²) in [4.78, 5) is 13.2. The van der Waals surface area contributed by atoms with Crippen molar-refractivity contribution >= 4 is 29.0 Å². The van der Waals surface area contributed by atoms with Gasteiger partial charge in [0, 0.05) is 16.2 Å². The van der Waals surface area contributed by atoms with E-state index in [0.29, 0.717) is 5.56 Å². The summed E-state index contributed by atoms with van der Waals surface area (Å²) in [7, 11) is 0. The van der Waals surface area contributed by atoms with Crippen LogP contribution in [0.2, 0.25) is 0 Å². The molecule has 4 nitrogen and oxygen atoms in total. The first-order chi connectivity index (χ1) is 10.1. The van der Waals surface area contributed by atoms with E-state index < -0.39 is 0 Å². The number of para-hydroxylation sites is 1. The molecule has 0 saturated heterocycles. The SMILES string of the molecule is C=CCSc1ccccc1NC(=O)c1ccc(N)c(O)c1. The highest BCUT2D eigenvalue weighted by Crippen LogP contribution is 2.28. The molecule has 5 heteroatoms. The number of hydrogen-bond acceptors (Lipinski definition) is 4. The Kier molecular flexibility index (Phi) is 4.90. The summed E-state index contributed by atoms with van der Waals surface area (Å²) in [6.07, 6.45) is 1.81. The summed E-state index contributed by atoms with van der Waals surface area (Å²) < 4.78 is 0. The van der Waals surface area contributed by atoms with Crippen molar-refractivity contribution < 1.29 is 9.90 Å². The van der Waals surface area contributed by atoms with Crippen LogP contribution in [0.25, 0.3) is 0 Å². The van der Waals surface area contributed by atoms with Gasteiger partial charge >= 0.3 is 0 Å². The van der Waals surface area contributed by atoms with Crippen LogP contribution >= 0.6 is 11.8 Å². The molecule has 0 heterocycles. The number of rotatable bonds is 5. The van der Waals surface area contributed by atoms with Gasteiger partial charge in [0.05, 0.1) is 11.4 Å². The number of phenols is 1. The Labute approximate surface area is 127 Å². The largest absolute Gasteiger partial charge is 0.506 e. The Morgan fingerprint density at radius 3 is 2.81 bits per heavy atom. The first kappa shape index (κ1) is 15.0. The second kappa shape index (κ2) is 6.85. The van der Waals surface area contributed by atoms with E-state index in [1.165, 1.54) is 12.1 Å². The van der Waals surface area contributed by atoms with Crippen molar-refractivity contribution in [3.63, 3.8) is 0 Å². The molecule has 21 heavy (non-hydrogen) atoms. The monoisotopic (exact) mass is 300 g/mol. The smallest absolute Gasteiger partial charge is 0.255 e. The number of aromatic hydroxyl groups is 1. The van der Waals surface area contributed by atoms with Crippen molar-refractivity contribution in [1.29, 1.82) is 0 Å². The maximum absolute atomic E-state index is 12.2. The maximum atomic E-state index is 12.2. The molecule has 0 radical (unpaired) electrons. The Bertz CT molecular complexity index is 671. The molecule has 0 atom stereocenters. The predicted octanol–water partition coefficient (Wildman–Crippen LogP) is 3.50. The zero-order chi connectivity index (χ0) is 15.2. The van der Waals surface area contributed by atoms with E-state index in [-0.39, 0.29) is 17.3 Å². The molecule has 0 unspecified atom stereocenters. The fourth-order valence-electron chi connectivity index (χ4n) is 1.72. The summed E-state index contributed by atoms with van der Waals surface area (Å²) in [6, 6.07) is 12.0. The standard InChI is InChI=1S/C16H16N2O2S/c1-2-9-21-15-6-4-3-5-13(15)18-16(20)11-7-8-12(17)14(19)10-11/h2-8,10,19H,1,9,17H2,(H,18,20). The van der Waals surface area contributed by atoms with Crippen LogP contribution in [0.1, 0.15) is 10.4 Å². The van der Waals surface area contributed by atoms with Gasteiger partial charge in [0.2, 0.25) is 0 Å². The van der Waals surface area contributed by atoms with E-state index >= 15 is 0 Å². The lowest BCUT2D eigenvalue weighted by Crippen LogP contribution is -2.12. The van der Waals surface area contributed by atoms with E-state index in [1.807, 2.05) is 24.3 Å². The minimum Gasteiger partial charge on any atom is -0.506 e. The van der Waals surface area contributed by atoms with Gasteiger partial charge in [-0.2, -0.15) is 0 Å². The summed E-state index contributed by atoms with van der Waals surface area (Å²) >= 11 is 1.59. The first-order valence-electron chi connectivity index (χ1n) is 6.34. The Morgan fingerprint density at radius 2 is 2.10 bits per heavy atom. The fourth-order valence-corrected chi connectivity index (χ4v) is 2.47. The number of nitrogens with one attached hydrogen (secondary N) is 1. The minimum absolute atomic E-state index is 0.100. The van der Waals surface area contributed by atoms with Crippen molar-refractivity contribution in [3.8, 4) is 5.75 Å². The molecule has 0 aliphatic rings. The molecule has 0 bridgehead atoms. The van der Waals surface area contributed by atoms with Crippen LogP contribution in [0, 0.1) is 0 Å². The third-order valence-electron chi connectivity index (χ3n) is 2.78. The van der Waals surface area contributed by atoms with Gasteiger partial charge in [0.25, 0.3) is 5.91 Å². The van der Waals surface area contributed by atoms with Gasteiger partial charge in [-0.15, -0.1) is 18.3 Å². The third kappa shape index (κ3) is 3.79. The number of carbonyl (C=O) groups is 1. The summed E-state index contributed by atoms with van der Waals surface area (Å²) in [6.45, 7) is 3.68. The number of thioether (sulfide) groups is 1. The lowest BCUT2D eigenvalue weighted by molar-refractivity contribution is 0.102. The molecule has 2 aromatic rings. The van der Waals surface area contributed by atoms with Crippen LogP contribution in [-0.4, -0.2) is 16.8 Å². The van der Waals surface area contributed by atoms with Crippen LogP contribution in [-0.2, 0) is 0 Å². The topological polar surface area (TPSA) is 75.4 Å². The molecule has 0 saturated carbocycles. The molecular weight excluding hydrogens is 284 g/mol. The van der Waals surface area contributed by atoms with Crippen LogP contribution in [0.3, 0.4) is 0 Å². The number of amides is 1. The molecule has 2 aromatic carbocycles. The van der Waals surface area contributed by atoms with Crippen LogP contribution in [0.15, 0.2) is 60.0 Å². The number of carbonyl (C=O) groups excluding carboxylic acids is 1. The number of nitrogen functional groups attached to an aromatic ring is 1. The second-order valence-corrected chi connectivity index (χ2v) is 5.39. The normalized spacial score (nSPS) is 10.1. The van der Waals surface area contributed by atoms with E-state index in [4.69, 9.17) is 5.73 Å². The highest BCUT2D eigenvalue weighted by atomic mass is 32.2. The van der Waals surface area contributed by atoms with Gasteiger partial charge in [0.15, 0.2) is 0 Å². The average molecular weight is 300 g/mol.